The van der Waals surface area contributed by atoms with Gasteiger partial charge in [-0.1, -0.05) is 77.2 Å². The Morgan fingerprint density at radius 1 is 0.765 bits per heavy atom. The van der Waals surface area contributed by atoms with Gasteiger partial charge in [-0.3, -0.25) is 0 Å². The fraction of sp³-hybridized carbons (Fsp3) is 0.875. The summed E-state index contributed by atoms with van der Waals surface area (Å²) in [4.78, 5) is 0. The summed E-state index contributed by atoms with van der Waals surface area (Å²) in [5.74, 6) is 0. The molecule has 0 aromatic rings. The van der Waals surface area contributed by atoms with Crippen LogP contribution in [0.2, 0.25) is 0 Å². The molecule has 0 saturated heterocycles. The van der Waals surface area contributed by atoms with E-state index in [0.717, 1.165) is 12.1 Å². The number of allylic oxidation sites excluding steroid dienone is 2. The molecule has 0 amide bonds. The van der Waals surface area contributed by atoms with Crippen molar-refractivity contribution in [3.8, 4) is 0 Å². The monoisotopic (exact) mass is 239 g/mol. The smallest absolute Gasteiger partial charge is 0.00371 e. The summed E-state index contributed by atoms with van der Waals surface area (Å²) in [5, 5.41) is 0. The first-order valence-corrected chi connectivity index (χ1v) is 7.72. The van der Waals surface area contributed by atoms with Crippen molar-refractivity contribution in [3.05, 3.63) is 11.8 Å². The third kappa shape index (κ3) is 13.5. The molecule has 0 aromatic carbocycles. The van der Waals surface area contributed by atoms with Crippen molar-refractivity contribution in [2.24, 2.45) is 5.73 Å². The van der Waals surface area contributed by atoms with Crippen molar-refractivity contribution in [2.75, 3.05) is 0 Å². The van der Waals surface area contributed by atoms with Crippen molar-refractivity contribution in [3.63, 3.8) is 0 Å². The van der Waals surface area contributed by atoms with Crippen LogP contribution in [0, 0.1) is 0 Å². The molecular formula is C16H33N. The van der Waals surface area contributed by atoms with E-state index in [2.05, 4.69) is 6.92 Å². The van der Waals surface area contributed by atoms with Gasteiger partial charge in [0.2, 0.25) is 0 Å². The third-order valence-electron chi connectivity index (χ3n) is 3.44. The SMILES string of the molecule is C/C=C(\N)CCCCCCCCCCCCC. The van der Waals surface area contributed by atoms with Crippen LogP contribution in [0.1, 0.15) is 90.9 Å². The van der Waals surface area contributed by atoms with E-state index in [1.165, 1.54) is 70.6 Å². The number of rotatable bonds is 12. The van der Waals surface area contributed by atoms with E-state index < -0.39 is 0 Å². The molecule has 0 fully saturated rings. The molecule has 0 aliphatic heterocycles. The third-order valence-corrected chi connectivity index (χ3v) is 3.44. The maximum absolute atomic E-state index is 5.75. The molecule has 0 aliphatic rings. The first kappa shape index (κ1) is 16.5. The minimum absolute atomic E-state index is 1.06. The fourth-order valence-electron chi connectivity index (χ4n) is 2.14. The van der Waals surface area contributed by atoms with Gasteiger partial charge in [0.1, 0.15) is 0 Å². The van der Waals surface area contributed by atoms with Gasteiger partial charge in [-0.05, 0) is 19.8 Å². The van der Waals surface area contributed by atoms with Crippen molar-refractivity contribution >= 4 is 0 Å². The summed E-state index contributed by atoms with van der Waals surface area (Å²) >= 11 is 0. The highest BCUT2D eigenvalue weighted by Gasteiger charge is 1.93. The zero-order valence-electron chi connectivity index (χ0n) is 12.1. The second-order valence-electron chi connectivity index (χ2n) is 5.15. The molecule has 0 heterocycles. The predicted octanol–water partition coefficient (Wildman–Crippen LogP) is 5.55. The second-order valence-corrected chi connectivity index (χ2v) is 5.15. The van der Waals surface area contributed by atoms with E-state index >= 15 is 0 Å². The Hall–Kier alpha value is -0.460. The molecule has 0 spiro atoms. The average Bonchev–Trinajstić information content (AvgIpc) is 2.35. The van der Waals surface area contributed by atoms with E-state index in [9.17, 15) is 0 Å². The largest absolute Gasteiger partial charge is 0.402 e. The molecule has 1 nitrogen and oxygen atoms in total. The quantitative estimate of drug-likeness (QED) is 0.444. The van der Waals surface area contributed by atoms with Gasteiger partial charge >= 0.3 is 0 Å². The molecule has 0 atom stereocenters. The zero-order valence-corrected chi connectivity index (χ0v) is 12.1. The Balaban J connectivity index is 2.99. The summed E-state index contributed by atoms with van der Waals surface area (Å²) in [7, 11) is 0. The van der Waals surface area contributed by atoms with Gasteiger partial charge in [0, 0.05) is 5.70 Å². The van der Waals surface area contributed by atoms with Gasteiger partial charge in [-0.15, -0.1) is 0 Å². The lowest BCUT2D eigenvalue weighted by atomic mass is 10.0. The molecule has 2 N–H and O–H groups in total. The fourth-order valence-corrected chi connectivity index (χ4v) is 2.14. The normalized spacial score (nSPS) is 12.0. The molecule has 1 heteroatoms. The van der Waals surface area contributed by atoms with Crippen LogP contribution in [0.5, 0.6) is 0 Å². The van der Waals surface area contributed by atoms with Gasteiger partial charge in [0.15, 0.2) is 0 Å². The molecule has 0 rings (SSSR count). The minimum Gasteiger partial charge on any atom is -0.402 e. The Labute approximate surface area is 109 Å². The molecule has 0 unspecified atom stereocenters. The number of unbranched alkanes of at least 4 members (excludes halogenated alkanes) is 10. The molecule has 0 radical (unpaired) electrons. The lowest BCUT2D eigenvalue weighted by Crippen LogP contribution is -1.95. The molecule has 17 heavy (non-hydrogen) atoms. The van der Waals surface area contributed by atoms with Crippen LogP contribution in [-0.4, -0.2) is 0 Å². The highest BCUT2D eigenvalue weighted by Crippen LogP contribution is 2.12. The van der Waals surface area contributed by atoms with Crippen LogP contribution < -0.4 is 5.73 Å². The van der Waals surface area contributed by atoms with Crippen LogP contribution in [0.15, 0.2) is 11.8 Å². The summed E-state index contributed by atoms with van der Waals surface area (Å²) in [6.07, 6.45) is 18.6. The standard InChI is InChI=1S/C16H33N/c1-3-5-6-7-8-9-10-11-12-13-14-15-16(17)4-2/h4H,3,5-15,17H2,1-2H3/b16-4-. The first-order chi connectivity index (χ1) is 8.31. The zero-order chi connectivity index (χ0) is 12.8. The lowest BCUT2D eigenvalue weighted by molar-refractivity contribution is 0.549. The summed E-state index contributed by atoms with van der Waals surface area (Å²) in [5.41, 5.74) is 6.81. The maximum Gasteiger partial charge on any atom is 0.00371 e. The van der Waals surface area contributed by atoms with Crippen molar-refractivity contribution in [1.29, 1.82) is 0 Å². The van der Waals surface area contributed by atoms with Crippen LogP contribution in [0.3, 0.4) is 0 Å². The predicted molar refractivity (Wildman–Crippen MR) is 79.0 cm³/mol. The van der Waals surface area contributed by atoms with Gasteiger partial charge in [-0.25, -0.2) is 0 Å². The molecular weight excluding hydrogens is 206 g/mol. The summed E-state index contributed by atoms with van der Waals surface area (Å²) < 4.78 is 0. The van der Waals surface area contributed by atoms with Crippen LogP contribution in [0.25, 0.3) is 0 Å². The summed E-state index contributed by atoms with van der Waals surface area (Å²) in [6, 6.07) is 0. The highest BCUT2D eigenvalue weighted by molar-refractivity contribution is 4.92. The minimum atomic E-state index is 1.06. The van der Waals surface area contributed by atoms with Crippen molar-refractivity contribution in [2.45, 2.75) is 90.9 Å². The number of hydrogen-bond donors (Lipinski definition) is 1. The summed E-state index contributed by atoms with van der Waals surface area (Å²) in [6.45, 7) is 4.30. The van der Waals surface area contributed by atoms with Gasteiger partial charge in [0.05, 0.1) is 0 Å². The first-order valence-electron chi connectivity index (χ1n) is 7.72. The van der Waals surface area contributed by atoms with Gasteiger partial charge < -0.3 is 5.73 Å². The van der Waals surface area contributed by atoms with E-state index in [4.69, 9.17) is 5.73 Å². The Morgan fingerprint density at radius 3 is 1.59 bits per heavy atom. The number of hydrogen-bond acceptors (Lipinski definition) is 1. The maximum atomic E-state index is 5.75. The van der Waals surface area contributed by atoms with E-state index in [1.54, 1.807) is 0 Å². The van der Waals surface area contributed by atoms with Crippen molar-refractivity contribution in [1.82, 2.24) is 0 Å². The molecule has 0 saturated carbocycles. The number of nitrogens with two attached hydrogens (primary N) is 1. The average molecular weight is 239 g/mol. The molecule has 0 bridgehead atoms. The second kappa shape index (κ2) is 13.6. The van der Waals surface area contributed by atoms with Crippen molar-refractivity contribution < 1.29 is 0 Å². The highest BCUT2D eigenvalue weighted by atomic mass is 14.6. The van der Waals surface area contributed by atoms with E-state index in [0.29, 0.717) is 0 Å². The van der Waals surface area contributed by atoms with E-state index in [1.807, 2.05) is 13.0 Å². The Morgan fingerprint density at radius 2 is 1.18 bits per heavy atom. The Kier molecular flexibility index (Phi) is 13.2. The molecule has 102 valence electrons. The van der Waals surface area contributed by atoms with E-state index in [-0.39, 0.29) is 0 Å². The van der Waals surface area contributed by atoms with Crippen LogP contribution >= 0.6 is 0 Å². The molecule has 0 aliphatic carbocycles. The topological polar surface area (TPSA) is 26.0 Å². The molecule has 0 aromatic heterocycles. The Bertz CT molecular complexity index is 172. The van der Waals surface area contributed by atoms with Crippen LogP contribution in [-0.2, 0) is 0 Å². The van der Waals surface area contributed by atoms with Gasteiger partial charge in [0.25, 0.3) is 0 Å². The van der Waals surface area contributed by atoms with Gasteiger partial charge in [-0.2, -0.15) is 0 Å². The lowest BCUT2D eigenvalue weighted by Gasteiger charge is -2.03. The van der Waals surface area contributed by atoms with Crippen LogP contribution in [0.4, 0.5) is 0 Å².